The van der Waals surface area contributed by atoms with E-state index in [1.54, 1.807) is 0 Å². The molecule has 0 aliphatic rings. The lowest BCUT2D eigenvalue weighted by molar-refractivity contribution is 0.211. The molecule has 0 aromatic heterocycles. The first-order valence-corrected chi connectivity index (χ1v) is 3.12. The predicted molar refractivity (Wildman–Crippen MR) is 35.7 cm³/mol. The van der Waals surface area contributed by atoms with Gasteiger partial charge in [-0.05, 0) is 13.3 Å². The average Bonchev–Trinajstić information content (AvgIpc) is 1.68. The van der Waals surface area contributed by atoms with Crippen LogP contribution in [0.3, 0.4) is 0 Å². The summed E-state index contributed by atoms with van der Waals surface area (Å²) in [6, 6.07) is 0. The van der Waals surface area contributed by atoms with E-state index in [1.807, 2.05) is 19.1 Å². The second kappa shape index (κ2) is 4.85. The Labute approximate surface area is 51.0 Å². The highest BCUT2D eigenvalue weighted by Gasteiger charge is 1.92. The van der Waals surface area contributed by atoms with Gasteiger partial charge in [0.1, 0.15) is 0 Å². The summed E-state index contributed by atoms with van der Waals surface area (Å²) in [6.07, 6.45) is 5.39. The number of aliphatic hydroxyl groups excluding tert-OH is 1. The molecular formula is C7H14O. The zero-order valence-electron chi connectivity index (χ0n) is 5.59. The zero-order valence-corrected chi connectivity index (χ0v) is 5.59. The van der Waals surface area contributed by atoms with Gasteiger partial charge >= 0.3 is 0 Å². The van der Waals surface area contributed by atoms with Gasteiger partial charge in [0.2, 0.25) is 0 Å². The summed E-state index contributed by atoms with van der Waals surface area (Å²) < 4.78 is 0. The third-order valence-electron chi connectivity index (χ3n) is 0.999. The maximum Gasteiger partial charge on any atom is 0.0720 e. The smallest absolute Gasteiger partial charge is 0.0720 e. The minimum Gasteiger partial charge on any atom is -0.389 e. The molecule has 0 rings (SSSR count). The van der Waals surface area contributed by atoms with Crippen LogP contribution in [0.15, 0.2) is 12.2 Å². The molecule has 1 heteroatoms. The van der Waals surface area contributed by atoms with Crippen LogP contribution in [0.4, 0.5) is 0 Å². The average molecular weight is 114 g/mol. The van der Waals surface area contributed by atoms with E-state index in [4.69, 9.17) is 5.11 Å². The summed E-state index contributed by atoms with van der Waals surface area (Å²) >= 11 is 0. The van der Waals surface area contributed by atoms with E-state index in [-0.39, 0.29) is 6.10 Å². The predicted octanol–water partition coefficient (Wildman–Crippen LogP) is 1.72. The van der Waals surface area contributed by atoms with Crippen molar-refractivity contribution in [3.05, 3.63) is 12.2 Å². The van der Waals surface area contributed by atoms with Crippen molar-refractivity contribution in [3.63, 3.8) is 0 Å². The summed E-state index contributed by atoms with van der Waals surface area (Å²) in [5, 5.41) is 8.96. The van der Waals surface area contributed by atoms with E-state index < -0.39 is 0 Å². The summed E-state index contributed by atoms with van der Waals surface area (Å²) in [7, 11) is 0. The minimum atomic E-state index is -0.218. The second-order valence-electron chi connectivity index (χ2n) is 1.88. The molecule has 0 aromatic rings. The molecule has 0 unspecified atom stereocenters. The molecule has 0 aliphatic carbocycles. The highest BCUT2D eigenvalue weighted by atomic mass is 16.3. The highest BCUT2D eigenvalue weighted by Crippen LogP contribution is 1.95. The molecule has 48 valence electrons. The van der Waals surface area contributed by atoms with E-state index in [0.717, 1.165) is 12.8 Å². The number of hydrogen-bond donors (Lipinski definition) is 1. The Balaban J connectivity index is 3.17. The minimum absolute atomic E-state index is 0.218. The van der Waals surface area contributed by atoms with E-state index in [0.29, 0.717) is 0 Å². The van der Waals surface area contributed by atoms with Crippen molar-refractivity contribution in [2.24, 2.45) is 0 Å². The van der Waals surface area contributed by atoms with Gasteiger partial charge in [-0.25, -0.2) is 0 Å². The fourth-order valence-electron chi connectivity index (χ4n) is 0.614. The number of rotatable bonds is 3. The molecular weight excluding hydrogens is 100 g/mol. The van der Waals surface area contributed by atoms with Gasteiger partial charge in [0.05, 0.1) is 6.10 Å². The Morgan fingerprint density at radius 3 is 2.62 bits per heavy atom. The van der Waals surface area contributed by atoms with Gasteiger partial charge < -0.3 is 5.11 Å². The van der Waals surface area contributed by atoms with Crippen molar-refractivity contribution in [1.82, 2.24) is 0 Å². The SMILES string of the molecule is CC=C[C@H](O)CCC. The summed E-state index contributed by atoms with van der Waals surface area (Å²) in [5.41, 5.74) is 0. The van der Waals surface area contributed by atoms with E-state index in [2.05, 4.69) is 6.92 Å². The quantitative estimate of drug-likeness (QED) is 0.554. The van der Waals surface area contributed by atoms with Gasteiger partial charge in [-0.3, -0.25) is 0 Å². The van der Waals surface area contributed by atoms with Gasteiger partial charge in [0.25, 0.3) is 0 Å². The van der Waals surface area contributed by atoms with Gasteiger partial charge in [-0.2, -0.15) is 0 Å². The van der Waals surface area contributed by atoms with Crippen LogP contribution in [0.1, 0.15) is 26.7 Å². The lowest BCUT2D eigenvalue weighted by atomic mass is 10.2. The third kappa shape index (κ3) is 3.88. The van der Waals surface area contributed by atoms with Crippen molar-refractivity contribution in [2.45, 2.75) is 32.8 Å². The van der Waals surface area contributed by atoms with Crippen molar-refractivity contribution >= 4 is 0 Å². The molecule has 0 saturated carbocycles. The van der Waals surface area contributed by atoms with E-state index >= 15 is 0 Å². The monoisotopic (exact) mass is 114 g/mol. The summed E-state index contributed by atoms with van der Waals surface area (Å²) in [4.78, 5) is 0. The first-order chi connectivity index (χ1) is 3.81. The molecule has 0 heterocycles. The van der Waals surface area contributed by atoms with Gasteiger partial charge in [0.15, 0.2) is 0 Å². The number of hydrogen-bond acceptors (Lipinski definition) is 1. The van der Waals surface area contributed by atoms with Crippen LogP contribution in [0.5, 0.6) is 0 Å². The van der Waals surface area contributed by atoms with Crippen LogP contribution >= 0.6 is 0 Å². The molecule has 0 aliphatic heterocycles. The molecule has 1 N–H and O–H groups in total. The highest BCUT2D eigenvalue weighted by molar-refractivity contribution is 4.84. The topological polar surface area (TPSA) is 20.2 Å². The van der Waals surface area contributed by atoms with Crippen LogP contribution in [0, 0.1) is 0 Å². The summed E-state index contributed by atoms with van der Waals surface area (Å²) in [6.45, 7) is 3.98. The van der Waals surface area contributed by atoms with Gasteiger partial charge in [-0.1, -0.05) is 25.5 Å². The van der Waals surface area contributed by atoms with Crippen LogP contribution < -0.4 is 0 Å². The molecule has 0 aromatic carbocycles. The van der Waals surface area contributed by atoms with Crippen LogP contribution in [-0.2, 0) is 0 Å². The van der Waals surface area contributed by atoms with Crippen molar-refractivity contribution < 1.29 is 5.11 Å². The maximum atomic E-state index is 8.96. The van der Waals surface area contributed by atoms with Crippen molar-refractivity contribution in [3.8, 4) is 0 Å². The zero-order chi connectivity index (χ0) is 6.41. The fraction of sp³-hybridized carbons (Fsp3) is 0.714. The van der Waals surface area contributed by atoms with Crippen molar-refractivity contribution in [1.29, 1.82) is 0 Å². The molecule has 0 fully saturated rings. The lowest BCUT2D eigenvalue weighted by Crippen LogP contribution is -1.99. The summed E-state index contributed by atoms with van der Waals surface area (Å²) in [5.74, 6) is 0. The van der Waals surface area contributed by atoms with Crippen LogP contribution in [-0.4, -0.2) is 11.2 Å². The van der Waals surface area contributed by atoms with Gasteiger partial charge in [-0.15, -0.1) is 0 Å². The molecule has 8 heavy (non-hydrogen) atoms. The fourth-order valence-corrected chi connectivity index (χ4v) is 0.614. The van der Waals surface area contributed by atoms with Crippen molar-refractivity contribution in [2.75, 3.05) is 0 Å². The third-order valence-corrected chi connectivity index (χ3v) is 0.999. The Morgan fingerprint density at radius 2 is 2.25 bits per heavy atom. The number of allylic oxidation sites excluding steroid dienone is 1. The molecule has 1 nitrogen and oxygen atoms in total. The Hall–Kier alpha value is -0.300. The van der Waals surface area contributed by atoms with Crippen LogP contribution in [0.25, 0.3) is 0 Å². The van der Waals surface area contributed by atoms with Crippen LogP contribution in [0.2, 0.25) is 0 Å². The normalized spacial score (nSPS) is 14.9. The second-order valence-corrected chi connectivity index (χ2v) is 1.88. The van der Waals surface area contributed by atoms with E-state index in [9.17, 15) is 0 Å². The van der Waals surface area contributed by atoms with Gasteiger partial charge in [0, 0.05) is 0 Å². The Bertz CT molecular complexity index is 66.8. The molecule has 0 saturated heterocycles. The molecule has 1 atom stereocenters. The largest absolute Gasteiger partial charge is 0.389 e. The molecule has 0 radical (unpaired) electrons. The number of aliphatic hydroxyl groups is 1. The molecule has 0 spiro atoms. The maximum absolute atomic E-state index is 8.96. The standard InChI is InChI=1S/C7H14O/c1-3-5-7(8)6-4-2/h3,5,7-8H,4,6H2,1-2H3/t7-/m0/s1. The Morgan fingerprint density at radius 1 is 1.62 bits per heavy atom. The Kier molecular flexibility index (Phi) is 4.67. The lowest BCUT2D eigenvalue weighted by Gasteiger charge is -1.99. The first kappa shape index (κ1) is 7.70. The first-order valence-electron chi connectivity index (χ1n) is 3.12. The van der Waals surface area contributed by atoms with E-state index in [1.165, 1.54) is 0 Å². The molecule has 0 bridgehead atoms. The molecule has 0 amide bonds.